The Kier molecular flexibility index (Phi) is 6.14. The Labute approximate surface area is 133 Å². The molecule has 0 aliphatic heterocycles. The molecule has 22 heavy (non-hydrogen) atoms. The van der Waals surface area contributed by atoms with Gasteiger partial charge in [0.25, 0.3) is 0 Å². The third-order valence-electron chi connectivity index (χ3n) is 3.06. The lowest BCUT2D eigenvalue weighted by atomic mass is 10.3. The van der Waals surface area contributed by atoms with Crippen LogP contribution in [0.1, 0.15) is 0 Å². The summed E-state index contributed by atoms with van der Waals surface area (Å²) in [5.74, 6) is 0. The molecule has 0 unspecified atom stereocenters. The van der Waals surface area contributed by atoms with Crippen molar-refractivity contribution in [3.63, 3.8) is 0 Å². The highest BCUT2D eigenvalue weighted by Crippen LogP contribution is 2.65. The van der Waals surface area contributed by atoms with Gasteiger partial charge in [-0.1, -0.05) is 0 Å². The van der Waals surface area contributed by atoms with Gasteiger partial charge in [0.15, 0.2) is 0 Å². The molecule has 0 heterocycles. The molecule has 1 rings (SSSR count). The fraction of sp³-hybridized carbons (Fsp3) is 0.500. The number of hydrogen-bond donors (Lipinski definition) is 1. The highest BCUT2D eigenvalue weighted by atomic mass is 32.2. The van der Waals surface area contributed by atoms with Gasteiger partial charge in [-0.2, -0.15) is 0 Å². The second-order valence-corrected chi connectivity index (χ2v) is 10.5. The summed E-state index contributed by atoms with van der Waals surface area (Å²) < 4.78 is 28.6. The normalized spacial score (nSPS) is 13.7. The monoisotopic (exact) mass is 347 g/mol. The second kappa shape index (κ2) is 7.08. The van der Waals surface area contributed by atoms with Crippen LogP contribution in [0.2, 0.25) is 0 Å². The molecule has 0 bridgehead atoms. The molecule has 10 heteroatoms. The van der Waals surface area contributed by atoms with Crippen molar-refractivity contribution in [3.8, 4) is 0 Å². The molecule has 0 aliphatic carbocycles. The Morgan fingerprint density at radius 1 is 0.909 bits per heavy atom. The fourth-order valence-corrected chi connectivity index (χ4v) is 5.49. The van der Waals surface area contributed by atoms with Gasteiger partial charge in [0.05, 0.1) is 10.6 Å². The topological polar surface area (TPSA) is 94.6 Å². The van der Waals surface area contributed by atoms with Crippen LogP contribution in [0.5, 0.6) is 0 Å². The van der Waals surface area contributed by atoms with Crippen LogP contribution >= 0.6 is 7.87 Å². The zero-order valence-corrected chi connectivity index (χ0v) is 15.5. The van der Waals surface area contributed by atoms with Crippen LogP contribution in [0.25, 0.3) is 0 Å². The highest BCUT2D eigenvalue weighted by molar-refractivity contribution is 7.89. The number of sulfonamides is 1. The fourth-order valence-electron chi connectivity index (χ4n) is 2.13. The summed E-state index contributed by atoms with van der Waals surface area (Å²) in [6.07, 6.45) is 0. The van der Waals surface area contributed by atoms with Crippen molar-refractivity contribution < 1.29 is 8.42 Å². The van der Waals surface area contributed by atoms with Crippen molar-refractivity contribution in [2.45, 2.75) is 4.90 Å². The molecule has 1 aromatic carbocycles. The lowest BCUT2D eigenvalue weighted by molar-refractivity contribution is 0.457. The summed E-state index contributed by atoms with van der Waals surface area (Å²) in [6, 6.07) is 6.01. The van der Waals surface area contributed by atoms with E-state index in [0.717, 1.165) is 0 Å². The van der Waals surface area contributed by atoms with E-state index in [1.165, 1.54) is 12.1 Å². The Morgan fingerprint density at radius 2 is 1.32 bits per heavy atom. The minimum absolute atomic E-state index is 0.0559. The highest BCUT2D eigenvalue weighted by Gasteiger charge is 2.50. The van der Waals surface area contributed by atoms with Gasteiger partial charge in [-0.15, -0.1) is 19.1 Å². The molecule has 0 aromatic heterocycles. The number of nitrogens with zero attached hydrogens (tertiary/aromatic N) is 5. The van der Waals surface area contributed by atoms with Crippen molar-refractivity contribution in [3.05, 3.63) is 24.3 Å². The SMILES string of the molecule is CN(C)[P+](N=Nc1ccc(S(N)(=O)=O)cc1)(N(C)C)N(C)C. The van der Waals surface area contributed by atoms with E-state index >= 15 is 0 Å². The Morgan fingerprint density at radius 3 is 1.64 bits per heavy atom. The molecule has 8 nitrogen and oxygen atoms in total. The largest absolute Gasteiger partial charge is 0.377 e. The molecule has 0 saturated heterocycles. The first-order valence-corrected chi connectivity index (χ1v) is 9.65. The van der Waals surface area contributed by atoms with E-state index in [1.807, 2.05) is 56.3 Å². The maximum Gasteiger partial charge on any atom is 0.377 e. The number of hydrogen-bond acceptors (Lipinski definition) is 7. The van der Waals surface area contributed by atoms with Crippen molar-refractivity contribution in [1.82, 2.24) is 14.0 Å². The van der Waals surface area contributed by atoms with Gasteiger partial charge in [0.1, 0.15) is 0 Å². The van der Waals surface area contributed by atoms with E-state index in [0.29, 0.717) is 5.69 Å². The molecule has 0 spiro atoms. The molecule has 1 aromatic rings. The van der Waals surface area contributed by atoms with Crippen LogP contribution < -0.4 is 5.14 Å². The van der Waals surface area contributed by atoms with Gasteiger partial charge < -0.3 is 0 Å². The molecular formula is C12H24N6O2PS+. The Bertz CT molecular complexity index is 606. The Balaban J connectivity index is 3.16. The number of primary sulfonamides is 1. The standard InChI is InChI=1S/C12H24N6O2PS/c1-16(2)21(17(3)4,18(5)6)15-14-11-7-9-12(10-8-11)22(13,19)20/h7-10H,1-6H3,(H2,13,19,20)/q+1. The van der Waals surface area contributed by atoms with Gasteiger partial charge >= 0.3 is 7.87 Å². The summed E-state index contributed by atoms with van der Waals surface area (Å²) in [6.45, 7) is 0. The van der Waals surface area contributed by atoms with Crippen molar-refractivity contribution in [2.24, 2.45) is 15.1 Å². The predicted octanol–water partition coefficient (Wildman–Crippen LogP) is 1.78. The second-order valence-electron chi connectivity index (χ2n) is 5.31. The van der Waals surface area contributed by atoms with Crippen LogP contribution in [-0.4, -0.2) is 64.7 Å². The van der Waals surface area contributed by atoms with Crippen LogP contribution in [0, 0.1) is 0 Å². The van der Waals surface area contributed by atoms with Crippen molar-refractivity contribution in [1.29, 1.82) is 0 Å². The zero-order chi connectivity index (χ0) is 17.1. The van der Waals surface area contributed by atoms with E-state index in [1.54, 1.807) is 12.1 Å². The quantitative estimate of drug-likeness (QED) is 0.625. The van der Waals surface area contributed by atoms with Gasteiger partial charge in [0, 0.05) is 47.2 Å². The molecule has 0 aliphatic rings. The molecular weight excluding hydrogens is 323 g/mol. The third kappa shape index (κ3) is 4.07. The van der Waals surface area contributed by atoms with Crippen LogP contribution in [0.15, 0.2) is 39.2 Å². The van der Waals surface area contributed by atoms with Crippen LogP contribution in [0.4, 0.5) is 5.69 Å². The minimum Gasteiger partial charge on any atom is -0.225 e. The van der Waals surface area contributed by atoms with E-state index < -0.39 is 17.9 Å². The van der Waals surface area contributed by atoms with E-state index in [4.69, 9.17) is 5.14 Å². The lowest BCUT2D eigenvalue weighted by Crippen LogP contribution is -2.34. The van der Waals surface area contributed by atoms with Crippen molar-refractivity contribution >= 4 is 23.6 Å². The first-order chi connectivity index (χ1) is 10.0. The van der Waals surface area contributed by atoms with Gasteiger partial charge in [-0.05, 0) is 24.3 Å². The smallest absolute Gasteiger partial charge is 0.225 e. The molecule has 0 amide bonds. The van der Waals surface area contributed by atoms with Gasteiger partial charge in [-0.25, -0.2) is 13.6 Å². The first-order valence-electron chi connectivity index (χ1n) is 6.50. The van der Waals surface area contributed by atoms with Crippen LogP contribution in [0.3, 0.4) is 0 Å². The van der Waals surface area contributed by atoms with Crippen LogP contribution in [-0.2, 0) is 10.0 Å². The molecule has 2 N–H and O–H groups in total. The minimum atomic E-state index is -3.69. The molecule has 0 saturated carbocycles. The maximum atomic E-state index is 11.2. The summed E-state index contributed by atoms with van der Waals surface area (Å²) in [7, 11) is 5.93. The predicted molar refractivity (Wildman–Crippen MR) is 90.3 cm³/mol. The average molecular weight is 347 g/mol. The number of benzene rings is 1. The van der Waals surface area contributed by atoms with Crippen molar-refractivity contribution in [2.75, 3.05) is 42.3 Å². The van der Waals surface area contributed by atoms with Gasteiger partial charge in [-0.3, -0.25) is 0 Å². The maximum absolute atomic E-state index is 11.2. The molecule has 124 valence electrons. The van der Waals surface area contributed by atoms with E-state index in [9.17, 15) is 8.42 Å². The zero-order valence-electron chi connectivity index (χ0n) is 13.8. The number of rotatable bonds is 6. The summed E-state index contributed by atoms with van der Waals surface area (Å²) in [4.78, 5) is 4.60. The molecule has 0 radical (unpaired) electrons. The van der Waals surface area contributed by atoms with E-state index in [2.05, 4.69) is 10.00 Å². The number of nitrogens with two attached hydrogens (primary N) is 1. The van der Waals surface area contributed by atoms with E-state index in [-0.39, 0.29) is 4.90 Å². The Hall–Kier alpha value is -0.960. The van der Waals surface area contributed by atoms with Gasteiger partial charge in [0.2, 0.25) is 10.0 Å². The summed E-state index contributed by atoms with van der Waals surface area (Å²) >= 11 is 0. The summed E-state index contributed by atoms with van der Waals surface area (Å²) in [5, 5.41) is 9.35. The summed E-state index contributed by atoms with van der Waals surface area (Å²) in [5.41, 5.74) is 0.572. The average Bonchev–Trinajstić information content (AvgIpc) is 2.37. The first kappa shape index (κ1) is 19.1. The molecule has 0 fully saturated rings. The third-order valence-corrected chi connectivity index (χ3v) is 7.53. The lowest BCUT2D eigenvalue weighted by Gasteiger charge is -2.33. The molecule has 0 atom stereocenters.